The van der Waals surface area contributed by atoms with Crippen LogP contribution in [0.5, 0.6) is 0 Å². The molecular weight excluding hydrogens is 186 g/mol. The number of hydrogen-bond donors (Lipinski definition) is 2. The first-order chi connectivity index (χ1) is 7.12. The van der Waals surface area contributed by atoms with Gasteiger partial charge >= 0.3 is 0 Å². The van der Waals surface area contributed by atoms with Crippen molar-refractivity contribution in [2.45, 2.75) is 71.3 Å². The van der Waals surface area contributed by atoms with Crippen molar-refractivity contribution in [1.29, 1.82) is 0 Å². The molecule has 0 amide bonds. The van der Waals surface area contributed by atoms with Gasteiger partial charge in [-0.15, -0.1) is 0 Å². The normalized spacial score (nSPS) is 12.0. The Hall–Kier alpha value is -0.0800. The predicted molar refractivity (Wildman–Crippen MR) is 67.2 cm³/mol. The van der Waals surface area contributed by atoms with Gasteiger partial charge in [-0.25, -0.2) is 0 Å². The Kier molecular flexibility index (Phi) is 9.12. The summed E-state index contributed by atoms with van der Waals surface area (Å²) in [5.74, 6) is 0. The topological polar surface area (TPSA) is 32.3 Å². The lowest BCUT2D eigenvalue weighted by atomic mass is 10.0. The molecule has 0 aliphatic heterocycles. The molecule has 0 aromatic rings. The fourth-order valence-electron chi connectivity index (χ4n) is 1.70. The fourth-order valence-corrected chi connectivity index (χ4v) is 1.70. The predicted octanol–water partition coefficient (Wildman–Crippen LogP) is 3.10. The van der Waals surface area contributed by atoms with Crippen LogP contribution in [0.3, 0.4) is 0 Å². The Morgan fingerprint density at radius 1 is 1.00 bits per heavy atom. The van der Waals surface area contributed by atoms with Crippen molar-refractivity contribution in [3.63, 3.8) is 0 Å². The maximum absolute atomic E-state index is 8.86. The Bertz CT molecular complexity index is 134. The molecule has 0 aliphatic rings. The second kappa shape index (κ2) is 9.17. The quantitative estimate of drug-likeness (QED) is 0.549. The van der Waals surface area contributed by atoms with E-state index in [0.717, 1.165) is 13.0 Å². The first-order valence-corrected chi connectivity index (χ1v) is 6.48. The van der Waals surface area contributed by atoms with Crippen LogP contribution in [0.15, 0.2) is 0 Å². The molecule has 0 radical (unpaired) electrons. The lowest BCUT2D eigenvalue weighted by Gasteiger charge is -2.25. The van der Waals surface area contributed by atoms with Crippen molar-refractivity contribution in [3.8, 4) is 0 Å². The number of aliphatic hydroxyl groups excluding tert-OH is 1. The number of unbranched alkanes of at least 4 members (excludes halogenated alkanes) is 5. The van der Waals surface area contributed by atoms with E-state index in [1.54, 1.807) is 0 Å². The molecule has 0 heterocycles. The molecule has 15 heavy (non-hydrogen) atoms. The van der Waals surface area contributed by atoms with Crippen molar-refractivity contribution in [1.82, 2.24) is 5.32 Å². The first-order valence-electron chi connectivity index (χ1n) is 6.48. The number of nitrogens with one attached hydrogen (secondary N) is 1. The third-order valence-electron chi connectivity index (χ3n) is 2.87. The van der Waals surface area contributed by atoms with Gasteiger partial charge in [0.1, 0.15) is 0 Å². The Morgan fingerprint density at radius 3 is 2.20 bits per heavy atom. The van der Waals surface area contributed by atoms with Gasteiger partial charge in [-0.1, -0.05) is 39.0 Å². The van der Waals surface area contributed by atoms with Gasteiger partial charge < -0.3 is 10.4 Å². The second-order valence-electron chi connectivity index (χ2n) is 5.05. The maximum atomic E-state index is 8.86. The summed E-state index contributed by atoms with van der Waals surface area (Å²) in [5, 5.41) is 12.4. The molecule has 0 saturated heterocycles. The molecule has 0 bridgehead atoms. The van der Waals surface area contributed by atoms with Crippen LogP contribution in [-0.4, -0.2) is 23.8 Å². The summed E-state index contributed by atoms with van der Waals surface area (Å²) in [6.07, 6.45) is 8.89. The second-order valence-corrected chi connectivity index (χ2v) is 5.05. The molecule has 92 valence electrons. The van der Waals surface area contributed by atoms with E-state index in [1.165, 1.54) is 38.5 Å². The Labute approximate surface area is 95.5 Å². The fraction of sp³-hybridized carbons (Fsp3) is 1.00. The highest BCUT2D eigenvalue weighted by molar-refractivity contribution is 4.76. The molecule has 0 saturated carbocycles. The average molecular weight is 215 g/mol. The first kappa shape index (κ1) is 14.9. The Morgan fingerprint density at radius 2 is 1.60 bits per heavy atom. The number of hydrogen-bond acceptors (Lipinski definition) is 2. The molecule has 0 spiro atoms. The van der Waals surface area contributed by atoms with E-state index in [9.17, 15) is 0 Å². The highest BCUT2D eigenvalue weighted by atomic mass is 16.3. The Balaban J connectivity index is 3.22. The van der Waals surface area contributed by atoms with Gasteiger partial charge in [-0.05, 0) is 33.2 Å². The van der Waals surface area contributed by atoms with E-state index in [4.69, 9.17) is 5.11 Å². The van der Waals surface area contributed by atoms with E-state index in [2.05, 4.69) is 26.1 Å². The summed E-state index contributed by atoms with van der Waals surface area (Å²) in [6, 6.07) is 0. The zero-order valence-electron chi connectivity index (χ0n) is 10.8. The molecule has 2 nitrogen and oxygen atoms in total. The van der Waals surface area contributed by atoms with Crippen LogP contribution in [0.2, 0.25) is 0 Å². The highest BCUT2D eigenvalue weighted by Gasteiger charge is 2.14. The van der Waals surface area contributed by atoms with Gasteiger partial charge in [-0.2, -0.15) is 0 Å². The molecule has 0 atom stereocenters. The summed E-state index contributed by atoms with van der Waals surface area (Å²) < 4.78 is 0. The number of aliphatic hydroxyl groups is 1. The van der Waals surface area contributed by atoms with Gasteiger partial charge in [0, 0.05) is 12.1 Å². The smallest absolute Gasteiger partial charge is 0.0448 e. The van der Waals surface area contributed by atoms with E-state index < -0.39 is 0 Å². The third-order valence-corrected chi connectivity index (χ3v) is 2.87. The molecule has 2 N–H and O–H groups in total. The average Bonchev–Trinajstić information content (AvgIpc) is 2.16. The minimum absolute atomic E-state index is 0.0954. The van der Waals surface area contributed by atoms with E-state index in [1.807, 2.05) is 0 Å². The van der Waals surface area contributed by atoms with Crippen LogP contribution >= 0.6 is 0 Å². The molecule has 0 aromatic carbocycles. The van der Waals surface area contributed by atoms with Crippen LogP contribution in [0, 0.1) is 0 Å². The molecule has 0 unspecified atom stereocenters. The molecular formula is C13H29NO. The van der Waals surface area contributed by atoms with Gasteiger partial charge in [-0.3, -0.25) is 0 Å². The van der Waals surface area contributed by atoms with Crippen LogP contribution in [0.4, 0.5) is 0 Å². The van der Waals surface area contributed by atoms with Crippen molar-refractivity contribution in [2.24, 2.45) is 0 Å². The standard InChI is InChI=1S/C13H29NO/c1-4-5-6-7-8-9-11-14-13(2,3)10-12-15/h14-15H,4-12H2,1-3H3. The largest absolute Gasteiger partial charge is 0.396 e. The van der Waals surface area contributed by atoms with Crippen molar-refractivity contribution in [2.75, 3.05) is 13.2 Å². The maximum Gasteiger partial charge on any atom is 0.0448 e. The summed E-state index contributed by atoms with van der Waals surface area (Å²) in [6.45, 7) is 7.91. The minimum Gasteiger partial charge on any atom is -0.396 e. The van der Waals surface area contributed by atoms with Gasteiger partial charge in [0.25, 0.3) is 0 Å². The van der Waals surface area contributed by atoms with Crippen LogP contribution in [0.25, 0.3) is 0 Å². The zero-order valence-corrected chi connectivity index (χ0v) is 10.8. The number of rotatable bonds is 10. The lowest BCUT2D eigenvalue weighted by Crippen LogP contribution is -2.40. The molecule has 0 rings (SSSR count). The minimum atomic E-state index is 0.0954. The van der Waals surface area contributed by atoms with Crippen molar-refractivity contribution in [3.05, 3.63) is 0 Å². The zero-order chi connectivity index (χ0) is 11.6. The van der Waals surface area contributed by atoms with Crippen molar-refractivity contribution < 1.29 is 5.11 Å². The summed E-state index contributed by atoms with van der Waals surface area (Å²) in [7, 11) is 0. The van der Waals surface area contributed by atoms with Crippen LogP contribution in [0.1, 0.15) is 65.7 Å². The third kappa shape index (κ3) is 10.2. The van der Waals surface area contributed by atoms with Crippen LogP contribution < -0.4 is 5.32 Å². The van der Waals surface area contributed by atoms with Gasteiger partial charge in [0.15, 0.2) is 0 Å². The van der Waals surface area contributed by atoms with E-state index in [-0.39, 0.29) is 12.1 Å². The van der Waals surface area contributed by atoms with Crippen LogP contribution in [-0.2, 0) is 0 Å². The summed E-state index contributed by atoms with van der Waals surface area (Å²) in [5.41, 5.74) is 0.0954. The molecule has 0 aromatic heterocycles. The highest BCUT2D eigenvalue weighted by Crippen LogP contribution is 2.08. The van der Waals surface area contributed by atoms with E-state index >= 15 is 0 Å². The SMILES string of the molecule is CCCCCCCCNC(C)(C)CCO. The monoisotopic (exact) mass is 215 g/mol. The van der Waals surface area contributed by atoms with Crippen molar-refractivity contribution >= 4 is 0 Å². The molecule has 2 heteroatoms. The summed E-state index contributed by atoms with van der Waals surface area (Å²) >= 11 is 0. The summed E-state index contributed by atoms with van der Waals surface area (Å²) in [4.78, 5) is 0. The lowest BCUT2D eigenvalue weighted by molar-refractivity contribution is 0.230. The van der Waals surface area contributed by atoms with Gasteiger partial charge in [0.05, 0.1) is 0 Å². The molecule has 0 fully saturated rings. The molecule has 0 aliphatic carbocycles. The van der Waals surface area contributed by atoms with E-state index in [0.29, 0.717) is 0 Å². The van der Waals surface area contributed by atoms with Gasteiger partial charge in [0.2, 0.25) is 0 Å².